The van der Waals surface area contributed by atoms with Gasteiger partial charge in [-0.3, -0.25) is 4.99 Å². The quantitative estimate of drug-likeness (QED) is 0.340. The summed E-state index contributed by atoms with van der Waals surface area (Å²) in [6.45, 7) is 5.89. The smallest absolute Gasteiger partial charge is 0.190 e. The van der Waals surface area contributed by atoms with Crippen LogP contribution in [0.2, 0.25) is 0 Å². The van der Waals surface area contributed by atoms with E-state index in [1.165, 1.54) is 12.8 Å². The normalized spacial score (nSPS) is 22.0. The van der Waals surface area contributed by atoms with Gasteiger partial charge in [0.25, 0.3) is 0 Å². The van der Waals surface area contributed by atoms with E-state index in [0.717, 1.165) is 77.3 Å². The number of rotatable bonds is 11. The maximum Gasteiger partial charge on any atom is 0.190 e. The number of aliphatic imine (C=N–C) groups is 1. The molecule has 6 heteroatoms. The van der Waals surface area contributed by atoms with Crippen LogP contribution < -0.4 is 10.6 Å². The third kappa shape index (κ3) is 7.96. The summed E-state index contributed by atoms with van der Waals surface area (Å²) in [5.41, 5.74) is 0. The molecule has 1 saturated heterocycles. The summed E-state index contributed by atoms with van der Waals surface area (Å²) in [6, 6.07) is 0. The summed E-state index contributed by atoms with van der Waals surface area (Å²) in [7, 11) is 1.80. The fraction of sp³-hybridized carbons (Fsp3) is 0.938. The van der Waals surface area contributed by atoms with Gasteiger partial charge in [0.05, 0.1) is 12.7 Å². The van der Waals surface area contributed by atoms with Crippen molar-refractivity contribution in [2.75, 3.05) is 53.2 Å². The van der Waals surface area contributed by atoms with Gasteiger partial charge in [0.1, 0.15) is 0 Å². The fourth-order valence-corrected chi connectivity index (χ4v) is 2.31. The van der Waals surface area contributed by atoms with Gasteiger partial charge in [-0.25, -0.2) is 0 Å². The topological polar surface area (TPSA) is 64.1 Å². The van der Waals surface area contributed by atoms with E-state index in [1.807, 2.05) is 0 Å². The zero-order valence-electron chi connectivity index (χ0n) is 13.8. The minimum atomic E-state index is 0.299. The Morgan fingerprint density at radius 2 is 1.91 bits per heavy atom. The van der Waals surface area contributed by atoms with Crippen LogP contribution in [0, 0.1) is 5.92 Å². The Labute approximate surface area is 134 Å². The SMILES string of the molecule is CN=C(NCCCOCC1CC1)NCCCOC1CCOC1. The molecule has 2 N–H and O–H groups in total. The molecule has 0 aromatic rings. The summed E-state index contributed by atoms with van der Waals surface area (Å²) < 4.78 is 16.6. The standard InChI is InChI=1S/C16H31N3O3/c1-17-16(18-7-2-9-20-12-14-4-5-14)19-8-3-10-22-15-6-11-21-13-15/h14-15H,2-13H2,1H3,(H2,17,18,19). The van der Waals surface area contributed by atoms with E-state index < -0.39 is 0 Å². The van der Waals surface area contributed by atoms with Crippen LogP contribution in [0.25, 0.3) is 0 Å². The molecule has 1 heterocycles. The molecule has 0 spiro atoms. The number of hydrogen-bond acceptors (Lipinski definition) is 4. The molecule has 0 radical (unpaired) electrons. The van der Waals surface area contributed by atoms with E-state index in [0.29, 0.717) is 6.10 Å². The molecular weight excluding hydrogens is 282 g/mol. The maximum atomic E-state index is 5.73. The second kappa shape index (κ2) is 10.8. The first-order valence-electron chi connectivity index (χ1n) is 8.60. The molecule has 1 unspecified atom stereocenters. The van der Waals surface area contributed by atoms with Gasteiger partial charge in [0.15, 0.2) is 5.96 Å². The third-order valence-electron chi connectivity index (χ3n) is 3.89. The number of nitrogens with one attached hydrogen (secondary N) is 2. The van der Waals surface area contributed by atoms with Crippen LogP contribution in [0.5, 0.6) is 0 Å². The largest absolute Gasteiger partial charge is 0.381 e. The third-order valence-corrected chi connectivity index (χ3v) is 3.89. The average molecular weight is 313 g/mol. The highest BCUT2D eigenvalue weighted by molar-refractivity contribution is 5.79. The first-order valence-corrected chi connectivity index (χ1v) is 8.60. The highest BCUT2D eigenvalue weighted by atomic mass is 16.5. The predicted molar refractivity (Wildman–Crippen MR) is 87.3 cm³/mol. The molecule has 1 aliphatic heterocycles. The molecular formula is C16H31N3O3. The molecule has 1 saturated carbocycles. The molecule has 6 nitrogen and oxygen atoms in total. The van der Waals surface area contributed by atoms with E-state index in [9.17, 15) is 0 Å². The molecule has 0 aromatic heterocycles. The van der Waals surface area contributed by atoms with Crippen molar-refractivity contribution in [2.24, 2.45) is 10.9 Å². The number of hydrogen-bond donors (Lipinski definition) is 2. The fourth-order valence-electron chi connectivity index (χ4n) is 2.31. The van der Waals surface area contributed by atoms with Crippen LogP contribution in [0.15, 0.2) is 4.99 Å². The number of ether oxygens (including phenoxy) is 3. The van der Waals surface area contributed by atoms with Gasteiger partial charge in [-0.05, 0) is 38.0 Å². The van der Waals surface area contributed by atoms with Crippen LogP contribution >= 0.6 is 0 Å². The summed E-state index contributed by atoms with van der Waals surface area (Å²) in [5.74, 6) is 1.70. The molecule has 2 aliphatic rings. The van der Waals surface area contributed by atoms with Crippen LogP contribution in [-0.2, 0) is 14.2 Å². The van der Waals surface area contributed by atoms with E-state index in [4.69, 9.17) is 14.2 Å². The molecule has 2 rings (SSSR count). The summed E-state index contributed by atoms with van der Waals surface area (Å²) in [6.07, 6.45) is 6.02. The lowest BCUT2D eigenvalue weighted by Gasteiger charge is -2.13. The van der Waals surface area contributed by atoms with Gasteiger partial charge >= 0.3 is 0 Å². The lowest BCUT2D eigenvalue weighted by molar-refractivity contribution is 0.0420. The monoisotopic (exact) mass is 313 g/mol. The van der Waals surface area contributed by atoms with Gasteiger partial charge in [0.2, 0.25) is 0 Å². The van der Waals surface area contributed by atoms with Crippen molar-refractivity contribution < 1.29 is 14.2 Å². The van der Waals surface area contributed by atoms with E-state index in [1.54, 1.807) is 7.05 Å². The second-order valence-corrected chi connectivity index (χ2v) is 6.01. The Balaban J connectivity index is 1.37. The maximum absolute atomic E-state index is 5.73. The van der Waals surface area contributed by atoms with E-state index in [-0.39, 0.29) is 0 Å². The van der Waals surface area contributed by atoms with Crippen molar-refractivity contribution in [2.45, 2.75) is 38.2 Å². The molecule has 128 valence electrons. The summed E-state index contributed by atoms with van der Waals surface area (Å²) in [4.78, 5) is 4.21. The second-order valence-electron chi connectivity index (χ2n) is 6.01. The summed E-state index contributed by atoms with van der Waals surface area (Å²) in [5, 5.41) is 6.60. The van der Waals surface area contributed by atoms with Gasteiger partial charge in [-0.1, -0.05) is 0 Å². The van der Waals surface area contributed by atoms with Crippen molar-refractivity contribution in [3.05, 3.63) is 0 Å². The van der Waals surface area contributed by atoms with Crippen LogP contribution in [0.1, 0.15) is 32.1 Å². The van der Waals surface area contributed by atoms with Gasteiger partial charge < -0.3 is 24.8 Å². The Hall–Kier alpha value is -0.850. The molecule has 0 amide bonds. The van der Waals surface area contributed by atoms with Crippen molar-refractivity contribution >= 4 is 5.96 Å². The van der Waals surface area contributed by atoms with Crippen LogP contribution in [0.3, 0.4) is 0 Å². The van der Waals surface area contributed by atoms with E-state index >= 15 is 0 Å². The zero-order chi connectivity index (χ0) is 15.5. The van der Waals surface area contributed by atoms with E-state index in [2.05, 4.69) is 15.6 Å². The Bertz CT molecular complexity index is 316. The highest BCUT2D eigenvalue weighted by Gasteiger charge is 2.20. The minimum Gasteiger partial charge on any atom is -0.381 e. The molecule has 2 fully saturated rings. The van der Waals surface area contributed by atoms with Gasteiger partial charge in [-0.2, -0.15) is 0 Å². The molecule has 1 atom stereocenters. The van der Waals surface area contributed by atoms with Crippen molar-refractivity contribution in [1.29, 1.82) is 0 Å². The van der Waals surface area contributed by atoms with Crippen molar-refractivity contribution in [3.63, 3.8) is 0 Å². The Kier molecular flexibility index (Phi) is 8.60. The minimum absolute atomic E-state index is 0.299. The average Bonchev–Trinajstić information content (AvgIpc) is 3.21. The first kappa shape index (κ1) is 17.5. The Morgan fingerprint density at radius 3 is 2.55 bits per heavy atom. The molecule has 0 bridgehead atoms. The van der Waals surface area contributed by atoms with Gasteiger partial charge in [0, 0.05) is 46.6 Å². The Morgan fingerprint density at radius 1 is 1.14 bits per heavy atom. The lowest BCUT2D eigenvalue weighted by Crippen LogP contribution is -2.38. The molecule has 0 aromatic carbocycles. The molecule has 1 aliphatic carbocycles. The van der Waals surface area contributed by atoms with Gasteiger partial charge in [-0.15, -0.1) is 0 Å². The lowest BCUT2D eigenvalue weighted by atomic mass is 10.3. The first-order chi connectivity index (χ1) is 10.9. The molecule has 22 heavy (non-hydrogen) atoms. The van der Waals surface area contributed by atoms with Crippen molar-refractivity contribution in [3.8, 4) is 0 Å². The van der Waals surface area contributed by atoms with Crippen molar-refractivity contribution in [1.82, 2.24) is 10.6 Å². The number of nitrogens with zero attached hydrogens (tertiary/aromatic N) is 1. The summed E-state index contributed by atoms with van der Waals surface area (Å²) >= 11 is 0. The number of guanidine groups is 1. The zero-order valence-corrected chi connectivity index (χ0v) is 13.8. The van der Waals surface area contributed by atoms with Crippen LogP contribution in [-0.4, -0.2) is 65.2 Å². The van der Waals surface area contributed by atoms with Crippen LogP contribution in [0.4, 0.5) is 0 Å². The predicted octanol–water partition coefficient (Wildman–Crippen LogP) is 1.16. The highest BCUT2D eigenvalue weighted by Crippen LogP contribution is 2.28.